The van der Waals surface area contributed by atoms with Crippen LogP contribution in [0.15, 0.2) is 29.7 Å². The molecule has 4 heterocycles. The topological polar surface area (TPSA) is 128 Å². The predicted molar refractivity (Wildman–Crippen MR) is 92.7 cm³/mol. The number of carbonyl (C=O) groups excluding carboxylic acids is 2. The SMILES string of the molecule is CC1(C)OCC(C2/C(=C(\O)c3cnccn3)C(=O)C(=O)N2c2nncs2)O1. The minimum absolute atomic E-state index is 0.0796. The maximum atomic E-state index is 12.8. The third-order valence-corrected chi connectivity index (χ3v) is 4.92. The number of nitrogens with zero attached hydrogens (tertiary/aromatic N) is 5. The number of anilines is 1. The van der Waals surface area contributed by atoms with Crippen molar-refractivity contribution < 1.29 is 24.2 Å². The van der Waals surface area contributed by atoms with Crippen LogP contribution in [0.5, 0.6) is 0 Å². The van der Waals surface area contributed by atoms with Crippen molar-refractivity contribution in [3.63, 3.8) is 0 Å². The molecule has 2 aromatic rings. The fourth-order valence-corrected chi connectivity index (χ4v) is 3.72. The molecule has 2 aliphatic rings. The molecule has 140 valence electrons. The van der Waals surface area contributed by atoms with Gasteiger partial charge in [0.05, 0.1) is 18.4 Å². The Morgan fingerprint density at radius 3 is 2.78 bits per heavy atom. The highest BCUT2D eigenvalue weighted by atomic mass is 32.1. The summed E-state index contributed by atoms with van der Waals surface area (Å²) >= 11 is 1.10. The van der Waals surface area contributed by atoms with Crippen LogP contribution >= 0.6 is 11.3 Å². The molecule has 11 heteroatoms. The zero-order chi connectivity index (χ0) is 19.2. The summed E-state index contributed by atoms with van der Waals surface area (Å²) < 4.78 is 11.5. The highest BCUT2D eigenvalue weighted by molar-refractivity contribution is 7.13. The summed E-state index contributed by atoms with van der Waals surface area (Å²) in [5.74, 6) is -2.99. The molecule has 1 N–H and O–H groups in total. The standard InChI is InChI=1S/C16H15N5O5S/c1-16(2)25-6-9(26-16)11-10(12(22)8-5-17-3-4-18-8)13(23)14(24)21(11)15-20-19-7-27-15/h3-5,7,9,11,22H,6H2,1-2H3/b12-10+. The lowest BCUT2D eigenvalue weighted by Crippen LogP contribution is -2.44. The molecule has 0 aliphatic carbocycles. The molecule has 0 bridgehead atoms. The van der Waals surface area contributed by atoms with Crippen LogP contribution in [-0.2, 0) is 19.1 Å². The Labute approximate surface area is 157 Å². The first-order chi connectivity index (χ1) is 12.9. The van der Waals surface area contributed by atoms with E-state index in [1.165, 1.54) is 29.0 Å². The van der Waals surface area contributed by atoms with Gasteiger partial charge in [-0.05, 0) is 13.8 Å². The summed E-state index contributed by atoms with van der Waals surface area (Å²) in [7, 11) is 0. The van der Waals surface area contributed by atoms with Gasteiger partial charge in [0.25, 0.3) is 5.78 Å². The molecule has 0 radical (unpaired) electrons. The minimum atomic E-state index is -0.929. The van der Waals surface area contributed by atoms with Gasteiger partial charge in [-0.2, -0.15) is 0 Å². The summed E-state index contributed by atoms with van der Waals surface area (Å²) in [6.45, 7) is 3.59. The molecule has 0 aromatic carbocycles. The smallest absolute Gasteiger partial charge is 0.301 e. The van der Waals surface area contributed by atoms with Gasteiger partial charge in [-0.1, -0.05) is 11.3 Å². The van der Waals surface area contributed by atoms with Crippen molar-refractivity contribution in [3.05, 3.63) is 35.4 Å². The van der Waals surface area contributed by atoms with E-state index in [0.717, 1.165) is 11.3 Å². The van der Waals surface area contributed by atoms with E-state index in [1.807, 2.05) is 0 Å². The van der Waals surface area contributed by atoms with Crippen LogP contribution < -0.4 is 4.90 Å². The highest BCUT2D eigenvalue weighted by Crippen LogP contribution is 2.38. The molecule has 2 atom stereocenters. The number of aliphatic hydroxyl groups excluding tert-OH is 1. The van der Waals surface area contributed by atoms with E-state index in [1.54, 1.807) is 13.8 Å². The van der Waals surface area contributed by atoms with Gasteiger partial charge in [-0.15, -0.1) is 10.2 Å². The van der Waals surface area contributed by atoms with E-state index in [-0.39, 0.29) is 23.0 Å². The van der Waals surface area contributed by atoms with Crippen LogP contribution in [0.4, 0.5) is 5.13 Å². The maximum absolute atomic E-state index is 12.8. The lowest BCUT2D eigenvalue weighted by Gasteiger charge is -2.27. The van der Waals surface area contributed by atoms with E-state index in [4.69, 9.17) is 9.47 Å². The summed E-state index contributed by atoms with van der Waals surface area (Å²) in [5, 5.41) is 18.6. The van der Waals surface area contributed by atoms with Crippen molar-refractivity contribution in [2.75, 3.05) is 11.5 Å². The molecule has 0 spiro atoms. The first-order valence-electron chi connectivity index (χ1n) is 8.04. The predicted octanol–water partition coefficient (Wildman–Crippen LogP) is 0.733. The number of aromatic nitrogens is 4. The Morgan fingerprint density at radius 2 is 2.19 bits per heavy atom. The number of hydrogen-bond acceptors (Lipinski definition) is 10. The number of ketones is 1. The number of carbonyl (C=O) groups is 2. The number of hydrogen-bond donors (Lipinski definition) is 1. The van der Waals surface area contributed by atoms with Crippen LogP contribution in [0.25, 0.3) is 5.76 Å². The molecule has 27 heavy (non-hydrogen) atoms. The number of rotatable bonds is 3. The van der Waals surface area contributed by atoms with Crippen LogP contribution in [0.3, 0.4) is 0 Å². The Balaban J connectivity index is 1.86. The summed E-state index contributed by atoms with van der Waals surface area (Å²) in [5.41, 5.74) is 1.41. The van der Waals surface area contributed by atoms with Crippen LogP contribution in [0.1, 0.15) is 19.5 Å². The normalized spacial score (nSPS) is 26.7. The lowest BCUT2D eigenvalue weighted by atomic mass is 9.99. The zero-order valence-electron chi connectivity index (χ0n) is 14.4. The third-order valence-electron chi connectivity index (χ3n) is 4.23. The number of amides is 1. The average Bonchev–Trinajstić information content (AvgIpc) is 3.35. The average molecular weight is 389 g/mol. The van der Waals surface area contributed by atoms with Gasteiger partial charge >= 0.3 is 5.91 Å². The molecule has 10 nitrogen and oxygen atoms in total. The van der Waals surface area contributed by atoms with Gasteiger partial charge in [0.1, 0.15) is 23.4 Å². The number of ether oxygens (including phenoxy) is 2. The molecular weight excluding hydrogens is 374 g/mol. The fourth-order valence-electron chi connectivity index (χ4n) is 3.12. The fraction of sp³-hybridized carbons (Fsp3) is 0.375. The summed E-state index contributed by atoms with van der Waals surface area (Å²) in [6.07, 6.45) is 3.43. The minimum Gasteiger partial charge on any atom is -0.505 e. The molecule has 2 unspecified atom stereocenters. The van der Waals surface area contributed by atoms with E-state index in [9.17, 15) is 14.7 Å². The third kappa shape index (κ3) is 2.99. The van der Waals surface area contributed by atoms with Crippen molar-refractivity contribution in [1.82, 2.24) is 20.2 Å². The first kappa shape index (κ1) is 17.6. The largest absolute Gasteiger partial charge is 0.505 e. The Bertz CT molecular complexity index is 915. The molecule has 0 saturated carbocycles. The van der Waals surface area contributed by atoms with Crippen molar-refractivity contribution in [2.24, 2.45) is 0 Å². The summed E-state index contributed by atoms with van der Waals surface area (Å²) in [6, 6.07) is -0.929. The van der Waals surface area contributed by atoms with Crippen molar-refractivity contribution >= 4 is 33.9 Å². The molecular formula is C16H15N5O5S. The Hall–Kier alpha value is -2.76. The number of Topliss-reactive ketones (excluding diaryl/α,β-unsaturated/α-hetero) is 1. The van der Waals surface area contributed by atoms with Gasteiger partial charge in [0.15, 0.2) is 11.5 Å². The molecule has 2 fully saturated rings. The second-order valence-corrected chi connectivity index (χ2v) is 7.20. The van der Waals surface area contributed by atoms with Crippen LogP contribution in [0, 0.1) is 0 Å². The monoisotopic (exact) mass is 389 g/mol. The van der Waals surface area contributed by atoms with E-state index in [0.29, 0.717) is 0 Å². The maximum Gasteiger partial charge on any atom is 0.301 e. The van der Waals surface area contributed by atoms with Crippen LogP contribution in [0.2, 0.25) is 0 Å². The van der Waals surface area contributed by atoms with E-state index < -0.39 is 35.4 Å². The number of aliphatic hydroxyl groups is 1. The Kier molecular flexibility index (Phi) is 4.21. The molecule has 2 aromatic heterocycles. The van der Waals surface area contributed by atoms with Crippen LogP contribution in [-0.4, -0.2) is 61.5 Å². The van der Waals surface area contributed by atoms with Gasteiger partial charge in [0.2, 0.25) is 5.13 Å². The van der Waals surface area contributed by atoms with Gasteiger partial charge < -0.3 is 14.6 Å². The second kappa shape index (κ2) is 6.44. The molecule has 1 amide bonds. The molecule has 2 saturated heterocycles. The molecule has 2 aliphatic heterocycles. The Morgan fingerprint density at radius 1 is 1.37 bits per heavy atom. The zero-order valence-corrected chi connectivity index (χ0v) is 15.2. The van der Waals surface area contributed by atoms with E-state index in [2.05, 4.69) is 20.2 Å². The van der Waals surface area contributed by atoms with Gasteiger partial charge in [0, 0.05) is 12.4 Å². The van der Waals surface area contributed by atoms with Crippen molar-refractivity contribution in [2.45, 2.75) is 31.8 Å². The molecule has 4 rings (SSSR count). The van der Waals surface area contributed by atoms with E-state index >= 15 is 0 Å². The first-order valence-corrected chi connectivity index (χ1v) is 8.92. The highest BCUT2D eigenvalue weighted by Gasteiger charge is 2.54. The summed E-state index contributed by atoms with van der Waals surface area (Å²) in [4.78, 5) is 34.6. The lowest BCUT2D eigenvalue weighted by molar-refractivity contribution is -0.140. The van der Waals surface area contributed by atoms with Crippen molar-refractivity contribution in [1.29, 1.82) is 0 Å². The van der Waals surface area contributed by atoms with Crippen molar-refractivity contribution in [3.8, 4) is 0 Å². The quantitative estimate of drug-likeness (QED) is 0.459. The van der Waals surface area contributed by atoms with Gasteiger partial charge in [-0.3, -0.25) is 19.5 Å². The van der Waals surface area contributed by atoms with Gasteiger partial charge in [-0.25, -0.2) is 4.98 Å². The second-order valence-electron chi connectivity index (χ2n) is 6.39.